The molecule has 2 aromatic carbocycles. The third-order valence-corrected chi connectivity index (χ3v) is 7.15. The first-order chi connectivity index (χ1) is 21.1. The number of carboxylic acid groups (broad SMARTS) is 1. The first-order valence-corrected chi connectivity index (χ1v) is 14.4. The number of hydrogen-bond acceptors (Lipinski definition) is 8. The molecule has 0 spiro atoms. The molecule has 6 aromatic rings. The fraction of sp³-hybridized carbons (Fsp3) is 0.212. The standard InChI is InChI=1S/C17H16ClN3O2.C15H12ClN3O2.CH4.Na.H2O/c1-3-23-17(22)15-10-21(20-11(15)2)9-12-4-5-16-13(6-12)7-14(18)8-19-16;1-9-13(15(20)21)8-19(18-9)7-10-2-3-14-11(4-10)5-12(16)6-17-14;;;/h4-8,10H,3,9H2,1-2H3;2-6,8H,7H2,1H3,(H,20,21);1H4;;1H2/q;;;+1;/p-1. The summed E-state index contributed by atoms with van der Waals surface area (Å²) in [6, 6.07) is 15.5. The van der Waals surface area contributed by atoms with Crippen LogP contribution in [0.5, 0.6) is 0 Å². The molecular weight excluding hydrogens is 654 g/mol. The Labute approximate surface area is 304 Å². The van der Waals surface area contributed by atoms with Crippen molar-refractivity contribution < 1.29 is 54.5 Å². The van der Waals surface area contributed by atoms with Crippen LogP contribution in [0.3, 0.4) is 0 Å². The van der Waals surface area contributed by atoms with E-state index in [0.29, 0.717) is 46.7 Å². The number of aromatic carboxylic acids is 1. The van der Waals surface area contributed by atoms with Crippen molar-refractivity contribution in [2.75, 3.05) is 6.61 Å². The van der Waals surface area contributed by atoms with E-state index in [0.717, 1.165) is 32.9 Å². The molecule has 14 heteroatoms. The molecule has 11 nitrogen and oxygen atoms in total. The molecule has 0 saturated heterocycles. The van der Waals surface area contributed by atoms with Crippen molar-refractivity contribution in [1.82, 2.24) is 29.5 Å². The minimum Gasteiger partial charge on any atom is -0.870 e. The summed E-state index contributed by atoms with van der Waals surface area (Å²) in [6.07, 6.45) is 6.50. The van der Waals surface area contributed by atoms with Crippen molar-refractivity contribution in [3.63, 3.8) is 0 Å². The smallest absolute Gasteiger partial charge is 0.870 e. The van der Waals surface area contributed by atoms with Crippen LogP contribution in [0.15, 0.2) is 73.3 Å². The van der Waals surface area contributed by atoms with E-state index in [1.165, 1.54) is 6.20 Å². The first kappa shape index (κ1) is 39.3. The topological polar surface area (TPSA) is 155 Å². The maximum Gasteiger partial charge on any atom is 1.00 e. The fourth-order valence-electron chi connectivity index (χ4n) is 4.70. The second kappa shape index (κ2) is 17.4. The molecule has 0 unspecified atom stereocenters. The Morgan fingerprint density at radius 1 is 0.787 bits per heavy atom. The Morgan fingerprint density at radius 2 is 1.23 bits per heavy atom. The summed E-state index contributed by atoms with van der Waals surface area (Å²) in [5.41, 5.74) is 5.71. The van der Waals surface area contributed by atoms with Gasteiger partial charge < -0.3 is 15.3 Å². The Kier molecular flexibility index (Phi) is 14.5. The van der Waals surface area contributed by atoms with Crippen LogP contribution in [-0.4, -0.2) is 58.7 Å². The van der Waals surface area contributed by atoms with E-state index >= 15 is 0 Å². The molecule has 2 N–H and O–H groups in total. The van der Waals surface area contributed by atoms with Crippen molar-refractivity contribution in [2.45, 2.75) is 41.3 Å². The molecule has 6 rings (SSSR count). The number of aryl methyl sites for hydroxylation is 2. The van der Waals surface area contributed by atoms with E-state index in [2.05, 4.69) is 20.2 Å². The molecule has 47 heavy (non-hydrogen) atoms. The van der Waals surface area contributed by atoms with Crippen molar-refractivity contribution in [1.29, 1.82) is 0 Å². The monoisotopic (exact) mass is 686 g/mol. The van der Waals surface area contributed by atoms with Crippen LogP contribution in [0, 0.1) is 13.8 Å². The summed E-state index contributed by atoms with van der Waals surface area (Å²) < 4.78 is 8.39. The fourth-order valence-corrected chi connectivity index (χ4v) is 5.03. The Bertz CT molecular complexity index is 2010. The summed E-state index contributed by atoms with van der Waals surface area (Å²) in [6.45, 7) is 6.67. The van der Waals surface area contributed by atoms with E-state index in [-0.39, 0.29) is 54.0 Å². The molecule has 0 aliphatic heterocycles. The molecule has 0 fully saturated rings. The van der Waals surface area contributed by atoms with Gasteiger partial charge in [-0.15, -0.1) is 0 Å². The van der Waals surface area contributed by atoms with Gasteiger partial charge in [-0.2, -0.15) is 10.2 Å². The largest absolute Gasteiger partial charge is 1.00 e. The molecule has 0 saturated carbocycles. The Morgan fingerprint density at radius 3 is 1.66 bits per heavy atom. The normalized spacial score (nSPS) is 10.2. The number of halogens is 2. The van der Waals surface area contributed by atoms with Crippen LogP contribution in [0.2, 0.25) is 10.0 Å². The summed E-state index contributed by atoms with van der Waals surface area (Å²) >= 11 is 11.9. The number of rotatable bonds is 7. The third kappa shape index (κ3) is 9.83. The number of aromatic nitrogens is 6. The number of fused-ring (bicyclic) bond motifs is 2. The second-order valence-electron chi connectivity index (χ2n) is 10.0. The number of carboxylic acids is 1. The van der Waals surface area contributed by atoms with Crippen molar-refractivity contribution in [3.05, 3.63) is 117 Å². The summed E-state index contributed by atoms with van der Waals surface area (Å²) in [5.74, 6) is -1.31. The van der Waals surface area contributed by atoms with Crippen LogP contribution in [0.4, 0.5) is 0 Å². The van der Waals surface area contributed by atoms with Gasteiger partial charge in [0.05, 0.1) is 52.2 Å². The van der Waals surface area contributed by atoms with Gasteiger partial charge in [0.2, 0.25) is 0 Å². The molecule has 240 valence electrons. The van der Waals surface area contributed by atoms with E-state index in [1.54, 1.807) is 48.7 Å². The molecular formula is C33H33Cl2N6NaO5. The molecule has 0 amide bonds. The maximum atomic E-state index is 11.8. The predicted molar refractivity (Wildman–Crippen MR) is 177 cm³/mol. The van der Waals surface area contributed by atoms with E-state index in [1.807, 2.05) is 48.5 Å². The van der Waals surface area contributed by atoms with Crippen LogP contribution in [-0.2, 0) is 17.8 Å². The quantitative estimate of drug-likeness (QED) is 0.192. The van der Waals surface area contributed by atoms with Crippen LogP contribution in [0.1, 0.15) is 57.6 Å². The molecule has 0 aliphatic carbocycles. The Hall–Kier alpha value is -3.84. The van der Waals surface area contributed by atoms with E-state index < -0.39 is 5.97 Å². The molecule has 0 bridgehead atoms. The maximum absolute atomic E-state index is 11.8. The molecule has 4 aromatic heterocycles. The number of esters is 1. The zero-order valence-corrected chi connectivity index (χ0v) is 29.1. The van der Waals surface area contributed by atoms with Crippen LogP contribution in [0.25, 0.3) is 21.8 Å². The van der Waals surface area contributed by atoms with Gasteiger partial charge in [0.15, 0.2) is 0 Å². The number of hydrogen-bond donors (Lipinski definition) is 1. The number of carbonyl (C=O) groups is 2. The molecule has 0 atom stereocenters. The van der Waals surface area contributed by atoms with Crippen LogP contribution >= 0.6 is 23.2 Å². The zero-order valence-electron chi connectivity index (χ0n) is 25.6. The van der Waals surface area contributed by atoms with Gasteiger partial charge in [-0.05, 0) is 68.3 Å². The molecule has 0 radical (unpaired) electrons. The van der Waals surface area contributed by atoms with Gasteiger partial charge in [0.1, 0.15) is 11.1 Å². The minimum absolute atomic E-state index is 0. The second-order valence-corrected chi connectivity index (χ2v) is 10.9. The van der Waals surface area contributed by atoms with E-state index in [9.17, 15) is 9.59 Å². The summed E-state index contributed by atoms with van der Waals surface area (Å²) in [4.78, 5) is 31.4. The van der Waals surface area contributed by atoms with Gasteiger partial charge in [-0.25, -0.2) is 9.59 Å². The molecule has 0 aliphatic rings. The van der Waals surface area contributed by atoms with Crippen LogP contribution < -0.4 is 29.6 Å². The number of nitrogens with zero attached hydrogens (tertiary/aromatic N) is 6. The Balaban J connectivity index is 0.000000308. The number of pyridine rings is 2. The number of carbonyl (C=O) groups excluding carboxylic acids is 1. The first-order valence-electron chi connectivity index (χ1n) is 13.7. The average Bonchev–Trinajstić information content (AvgIpc) is 3.54. The number of benzene rings is 2. The number of ether oxygens (including phenoxy) is 1. The summed E-state index contributed by atoms with van der Waals surface area (Å²) in [5, 5.41) is 20.8. The minimum atomic E-state index is -0.965. The van der Waals surface area contributed by atoms with Gasteiger partial charge in [-0.3, -0.25) is 19.3 Å². The van der Waals surface area contributed by atoms with Gasteiger partial charge in [-0.1, -0.05) is 42.8 Å². The summed E-state index contributed by atoms with van der Waals surface area (Å²) in [7, 11) is 0. The predicted octanol–water partition coefficient (Wildman–Crippen LogP) is 4.22. The van der Waals surface area contributed by atoms with Gasteiger partial charge >= 0.3 is 41.5 Å². The SMILES string of the molecule is C.CCOC(=O)c1cn(Cc2ccc3ncc(Cl)cc3c2)nc1C.Cc1nn(Cc2ccc3ncc(Cl)cc3c2)cc1C(=O)O.[Na+].[OH-]. The average molecular weight is 688 g/mol. The zero-order chi connectivity index (χ0) is 31.4. The van der Waals surface area contributed by atoms with Crippen molar-refractivity contribution in [2.24, 2.45) is 0 Å². The van der Waals surface area contributed by atoms with E-state index in [4.69, 9.17) is 33.0 Å². The van der Waals surface area contributed by atoms with Gasteiger partial charge in [0.25, 0.3) is 0 Å². The van der Waals surface area contributed by atoms with Crippen molar-refractivity contribution in [3.8, 4) is 0 Å². The third-order valence-electron chi connectivity index (χ3n) is 6.73. The van der Waals surface area contributed by atoms with Crippen molar-refractivity contribution >= 4 is 56.9 Å². The molecule has 4 heterocycles. The van der Waals surface area contributed by atoms with Gasteiger partial charge in [0, 0.05) is 35.6 Å².